The maximum atomic E-state index is 7.54. The van der Waals surface area contributed by atoms with Crippen LogP contribution in [0, 0.1) is 0 Å². The van der Waals surface area contributed by atoms with Gasteiger partial charge in [-0.3, -0.25) is 0 Å². The molecule has 0 aliphatic carbocycles. The van der Waals surface area contributed by atoms with Crippen LogP contribution < -0.4 is 36.4 Å². The molecule has 0 bridgehead atoms. The third-order valence-corrected chi connectivity index (χ3v) is 17.4. The summed E-state index contributed by atoms with van der Waals surface area (Å²) in [6.45, 7) is 11.3. The van der Waals surface area contributed by atoms with Crippen LogP contribution in [0.2, 0.25) is 0 Å². The monoisotopic (exact) mass is 1100 g/mol. The molecule has 0 spiro atoms. The van der Waals surface area contributed by atoms with Crippen molar-refractivity contribution in [3.05, 3.63) is 272 Å². The zero-order valence-electron chi connectivity index (χ0n) is 48.0. The van der Waals surface area contributed by atoms with E-state index in [9.17, 15) is 0 Å². The molecule has 0 saturated carbocycles. The van der Waals surface area contributed by atoms with Crippen LogP contribution in [0.4, 0.5) is 68.2 Å². The van der Waals surface area contributed by atoms with Gasteiger partial charge < -0.3 is 37.3 Å². The molecular weight excluding hydrogens is 1040 g/mol. The summed E-state index contributed by atoms with van der Waals surface area (Å²) >= 11 is 0. The van der Waals surface area contributed by atoms with Gasteiger partial charge in [0.2, 0.25) is 0 Å². The largest absolute Gasteiger partial charge is 0.468 e. The van der Waals surface area contributed by atoms with E-state index in [1.807, 2.05) is 36.8 Å². The van der Waals surface area contributed by atoms with E-state index in [0.29, 0.717) is 6.42 Å². The zero-order chi connectivity index (χ0) is 57.1. The Hall–Kier alpha value is -10.4. The van der Waals surface area contributed by atoms with Gasteiger partial charge in [0.15, 0.2) is 0 Å². The number of fused-ring (bicyclic) bond motifs is 10. The van der Waals surface area contributed by atoms with Crippen molar-refractivity contribution in [2.45, 2.75) is 51.9 Å². The second kappa shape index (κ2) is 19.4. The summed E-state index contributed by atoms with van der Waals surface area (Å²) in [6, 6.07) is 86.4. The molecule has 0 unspecified atom stereocenters. The lowest BCUT2D eigenvalue weighted by atomic mass is 9.37. The van der Waals surface area contributed by atoms with E-state index in [1.54, 1.807) is 0 Å². The zero-order valence-corrected chi connectivity index (χ0v) is 48.0. The molecule has 4 aromatic heterocycles. The Labute approximate surface area is 494 Å². The third-order valence-electron chi connectivity index (χ3n) is 17.4. The fourth-order valence-corrected chi connectivity index (χ4v) is 13.3. The molecule has 10 aromatic carbocycles. The molecule has 16 rings (SSSR count). The summed E-state index contributed by atoms with van der Waals surface area (Å²) in [6.07, 6.45) is 4.46. The first-order valence-corrected chi connectivity index (χ1v) is 29.3. The van der Waals surface area contributed by atoms with Crippen LogP contribution in [0.25, 0.3) is 43.9 Å². The van der Waals surface area contributed by atoms with Crippen LogP contribution in [0.3, 0.4) is 0 Å². The van der Waals surface area contributed by atoms with Crippen molar-refractivity contribution in [3.63, 3.8) is 0 Å². The summed E-state index contributed by atoms with van der Waals surface area (Å²) in [4.78, 5) is 9.53. The lowest BCUT2D eigenvalue weighted by molar-refractivity contribution is 0.522. The highest BCUT2D eigenvalue weighted by molar-refractivity contribution is 6.99. The van der Waals surface area contributed by atoms with Crippen molar-refractivity contribution in [2.24, 2.45) is 0 Å². The minimum absolute atomic E-state index is 0.174. The molecule has 410 valence electrons. The van der Waals surface area contributed by atoms with Gasteiger partial charge in [-0.25, -0.2) is 0 Å². The second-order valence-electron chi connectivity index (χ2n) is 24.3. The molecule has 85 heavy (non-hydrogen) atoms. The van der Waals surface area contributed by atoms with Gasteiger partial charge in [0.05, 0.1) is 22.7 Å². The number of anilines is 12. The van der Waals surface area contributed by atoms with E-state index >= 15 is 0 Å². The predicted octanol–water partition coefficient (Wildman–Crippen LogP) is 19.5. The van der Waals surface area contributed by atoms with Crippen molar-refractivity contribution in [3.8, 4) is 0 Å². The maximum absolute atomic E-state index is 7.54. The minimum Gasteiger partial charge on any atom is -0.468 e. The Morgan fingerprint density at radius 1 is 0.388 bits per heavy atom. The Morgan fingerprint density at radius 3 is 1.33 bits per heavy atom. The Morgan fingerprint density at radius 2 is 0.824 bits per heavy atom. The standard InChI is InChI=1S/C76H59BN4O4/c1-75(2,3)50-43-62-70-63(44-50)81(55-30-16-9-17-31-55)72-61-39-38-49(40-69(61)85-74(72)77(70)73-71(60-34-20-23-37-68(60)84-73)80(62)54-28-14-8-15-29-54)46-76(4,5)51-41-56(78(52-24-10-6-11-25-52)64-47-82-66-35-21-18-32-58(64)66)45-57(42-51)79(53-26-12-7-13-27-53)65-48-83-67-36-22-19-33-59(65)67/h6-45,47-48H,46H2,1-5H3. The van der Waals surface area contributed by atoms with Crippen LogP contribution in [0.5, 0.6) is 0 Å². The van der Waals surface area contributed by atoms with E-state index in [2.05, 4.69) is 273 Å². The lowest BCUT2D eigenvalue weighted by Gasteiger charge is -2.41. The van der Waals surface area contributed by atoms with E-state index < -0.39 is 5.41 Å². The first kappa shape index (κ1) is 50.4. The van der Waals surface area contributed by atoms with Gasteiger partial charge in [0, 0.05) is 67.0 Å². The lowest BCUT2D eigenvalue weighted by Crippen LogP contribution is -2.60. The molecule has 0 radical (unpaired) electrons. The van der Waals surface area contributed by atoms with Crippen molar-refractivity contribution in [1.29, 1.82) is 0 Å². The summed E-state index contributed by atoms with van der Waals surface area (Å²) < 4.78 is 27.4. The summed E-state index contributed by atoms with van der Waals surface area (Å²) in [7, 11) is 0. The Kier molecular flexibility index (Phi) is 11.5. The summed E-state index contributed by atoms with van der Waals surface area (Å²) in [5, 5.41) is 4.14. The van der Waals surface area contributed by atoms with Crippen LogP contribution in [0.1, 0.15) is 51.3 Å². The number of rotatable bonds is 11. The van der Waals surface area contributed by atoms with Crippen LogP contribution in [-0.4, -0.2) is 6.71 Å². The molecule has 9 heteroatoms. The normalized spacial score (nSPS) is 13.0. The highest BCUT2D eigenvalue weighted by Crippen LogP contribution is 2.52. The van der Waals surface area contributed by atoms with Gasteiger partial charge in [-0.15, -0.1) is 0 Å². The molecule has 2 aliphatic rings. The van der Waals surface area contributed by atoms with Crippen molar-refractivity contribution in [1.82, 2.24) is 0 Å². The van der Waals surface area contributed by atoms with E-state index in [0.717, 1.165) is 140 Å². The third kappa shape index (κ3) is 8.20. The highest BCUT2D eigenvalue weighted by Gasteiger charge is 2.50. The average Bonchev–Trinajstić information content (AvgIpc) is 1.91. The van der Waals surface area contributed by atoms with Gasteiger partial charge in [-0.2, -0.15) is 0 Å². The van der Waals surface area contributed by atoms with Crippen molar-refractivity contribution >= 4 is 136 Å². The van der Waals surface area contributed by atoms with E-state index in [1.165, 1.54) is 5.56 Å². The first-order chi connectivity index (χ1) is 41.5. The molecule has 0 atom stereocenters. The molecule has 0 amide bonds. The fourth-order valence-electron chi connectivity index (χ4n) is 13.3. The predicted molar refractivity (Wildman–Crippen MR) is 351 cm³/mol. The number of benzene rings is 10. The molecule has 0 fully saturated rings. The topological polar surface area (TPSA) is 65.5 Å². The van der Waals surface area contributed by atoms with E-state index in [4.69, 9.17) is 17.7 Å². The SMILES string of the molecule is CC(C)(C)c1cc2c3c(c1)N(c1ccccc1)c1c(oc4cc(CC(C)(C)c5cc(N(c6ccccc6)c6coc7ccccc67)cc(N(c6ccccc6)c6coc7ccccc67)c5)ccc14)B3c1oc3ccccc3c1N2c1ccccc1. The highest BCUT2D eigenvalue weighted by atomic mass is 16.4. The Balaban J connectivity index is 0.887. The number of para-hydroxylation sites is 7. The number of hydrogen-bond acceptors (Lipinski definition) is 8. The molecule has 0 saturated heterocycles. The molecule has 2 aliphatic heterocycles. The maximum Gasteiger partial charge on any atom is 0.342 e. The number of nitrogens with zero attached hydrogens (tertiary/aromatic N) is 4. The smallest absolute Gasteiger partial charge is 0.342 e. The van der Waals surface area contributed by atoms with Gasteiger partial charge in [0.1, 0.15) is 46.2 Å². The van der Waals surface area contributed by atoms with Crippen LogP contribution >= 0.6 is 0 Å². The minimum atomic E-state index is -0.440. The van der Waals surface area contributed by atoms with Crippen molar-refractivity contribution in [2.75, 3.05) is 19.6 Å². The summed E-state index contributed by atoms with van der Waals surface area (Å²) in [5.74, 6) is 0. The molecule has 14 aromatic rings. The van der Waals surface area contributed by atoms with E-state index in [-0.39, 0.29) is 12.1 Å². The average molecular weight is 1100 g/mol. The molecule has 6 heterocycles. The van der Waals surface area contributed by atoms with Crippen molar-refractivity contribution < 1.29 is 17.7 Å². The van der Waals surface area contributed by atoms with Gasteiger partial charge in [0.25, 0.3) is 0 Å². The molecular formula is C76H59BN4O4. The van der Waals surface area contributed by atoms with Gasteiger partial charge in [-0.05, 0) is 167 Å². The van der Waals surface area contributed by atoms with Gasteiger partial charge >= 0.3 is 6.71 Å². The molecule has 0 N–H and O–H groups in total. The van der Waals surface area contributed by atoms with Crippen LogP contribution in [0.15, 0.2) is 273 Å². The first-order valence-electron chi connectivity index (χ1n) is 29.3. The molecule has 8 nitrogen and oxygen atoms in total. The fraction of sp³-hybridized carbons (Fsp3) is 0.105. The summed E-state index contributed by atoms with van der Waals surface area (Å²) in [5.41, 5.74) is 21.4. The number of hydrogen-bond donors (Lipinski definition) is 0. The quantitative estimate of drug-likeness (QED) is 0.119. The second-order valence-corrected chi connectivity index (χ2v) is 24.3. The number of furan rings is 4. The van der Waals surface area contributed by atoms with Crippen LogP contribution in [-0.2, 0) is 17.3 Å². The Bertz CT molecular complexity index is 4730. The van der Waals surface area contributed by atoms with Gasteiger partial charge in [-0.1, -0.05) is 150 Å².